The van der Waals surface area contributed by atoms with E-state index in [9.17, 15) is 9.59 Å². The summed E-state index contributed by atoms with van der Waals surface area (Å²) in [6.45, 7) is 0.202. The lowest BCUT2D eigenvalue weighted by atomic mass is 10.1. The Morgan fingerprint density at radius 2 is 1.66 bits per heavy atom. The summed E-state index contributed by atoms with van der Waals surface area (Å²) in [6, 6.07) is 24.2. The predicted octanol–water partition coefficient (Wildman–Crippen LogP) is 4.44. The van der Waals surface area contributed by atoms with E-state index in [1.807, 2.05) is 54.6 Å². The average molecular weight is 447 g/mol. The van der Waals surface area contributed by atoms with Crippen molar-refractivity contribution < 1.29 is 9.59 Å². The number of imidazole rings is 1. The topological polar surface area (TPSA) is 86.9 Å². The number of nitrogens with zero attached hydrogens (tertiary/aromatic N) is 1. The zero-order valence-corrected chi connectivity index (χ0v) is 18.1. The maximum Gasteiger partial charge on any atom is 0.252 e. The Morgan fingerprint density at radius 3 is 2.44 bits per heavy atom. The van der Waals surface area contributed by atoms with Crippen LogP contribution in [-0.2, 0) is 11.2 Å². The van der Waals surface area contributed by atoms with Gasteiger partial charge >= 0.3 is 0 Å². The van der Waals surface area contributed by atoms with Crippen LogP contribution in [0.1, 0.15) is 34.2 Å². The van der Waals surface area contributed by atoms with Gasteiger partial charge in [-0.25, -0.2) is 4.98 Å². The molecule has 7 heteroatoms. The van der Waals surface area contributed by atoms with E-state index in [0.29, 0.717) is 22.8 Å². The van der Waals surface area contributed by atoms with Crippen LogP contribution in [0.4, 0.5) is 0 Å². The lowest BCUT2D eigenvalue weighted by Gasteiger charge is -2.17. The molecular weight excluding hydrogens is 424 g/mol. The van der Waals surface area contributed by atoms with Gasteiger partial charge in [0.05, 0.1) is 27.7 Å². The van der Waals surface area contributed by atoms with Gasteiger partial charge < -0.3 is 15.6 Å². The van der Waals surface area contributed by atoms with Crippen molar-refractivity contribution >= 4 is 34.4 Å². The van der Waals surface area contributed by atoms with Crippen LogP contribution in [-0.4, -0.2) is 28.3 Å². The second kappa shape index (κ2) is 10.1. The summed E-state index contributed by atoms with van der Waals surface area (Å²) in [5, 5.41) is 6.18. The van der Waals surface area contributed by atoms with E-state index in [4.69, 9.17) is 11.6 Å². The first-order valence-corrected chi connectivity index (χ1v) is 10.8. The summed E-state index contributed by atoms with van der Waals surface area (Å²) in [4.78, 5) is 33.0. The number of hydrogen-bond donors (Lipinski definition) is 3. The third kappa shape index (κ3) is 5.34. The third-order valence-electron chi connectivity index (χ3n) is 5.11. The Morgan fingerprint density at radius 1 is 0.938 bits per heavy atom. The second-order valence-corrected chi connectivity index (χ2v) is 7.84. The first-order valence-electron chi connectivity index (χ1n) is 10.4. The first kappa shape index (κ1) is 21.6. The molecule has 3 N–H and O–H groups in total. The van der Waals surface area contributed by atoms with Gasteiger partial charge in [-0.05, 0) is 36.2 Å². The molecule has 0 fully saturated rings. The molecule has 1 heterocycles. The van der Waals surface area contributed by atoms with Gasteiger partial charge in [-0.15, -0.1) is 0 Å². The number of hydrogen-bond acceptors (Lipinski definition) is 3. The van der Waals surface area contributed by atoms with E-state index in [2.05, 4.69) is 20.6 Å². The van der Waals surface area contributed by atoms with E-state index < -0.39 is 0 Å². The summed E-state index contributed by atoms with van der Waals surface area (Å²) in [7, 11) is 0. The third-order valence-corrected chi connectivity index (χ3v) is 5.44. The molecular formula is C25H23ClN4O2. The number of nitrogens with one attached hydrogen (secondary N) is 3. The SMILES string of the molecule is O=C(CCNC(=O)c1ccccc1Cl)N[C@@H](Cc1ccccc1)c1nc2ccccc2[nH]1. The zero-order chi connectivity index (χ0) is 22.3. The van der Waals surface area contributed by atoms with Crippen LogP contribution in [0.3, 0.4) is 0 Å². The number of H-pyrrole nitrogens is 1. The molecule has 0 spiro atoms. The lowest BCUT2D eigenvalue weighted by molar-refractivity contribution is -0.121. The number of rotatable bonds is 8. The zero-order valence-electron chi connectivity index (χ0n) is 17.3. The fourth-order valence-corrected chi connectivity index (χ4v) is 3.72. The van der Waals surface area contributed by atoms with Gasteiger partial charge in [-0.2, -0.15) is 0 Å². The van der Waals surface area contributed by atoms with Gasteiger partial charge in [0.2, 0.25) is 5.91 Å². The van der Waals surface area contributed by atoms with Crippen molar-refractivity contribution in [1.29, 1.82) is 0 Å². The van der Waals surface area contributed by atoms with Crippen molar-refractivity contribution in [3.05, 3.63) is 101 Å². The molecule has 0 aliphatic rings. The Bertz CT molecular complexity index is 1190. The summed E-state index contributed by atoms with van der Waals surface area (Å²) >= 11 is 6.06. The van der Waals surface area contributed by atoms with Gasteiger partial charge in [0.1, 0.15) is 5.82 Å². The van der Waals surface area contributed by atoms with Crippen LogP contribution < -0.4 is 10.6 Å². The van der Waals surface area contributed by atoms with Crippen LogP contribution in [0.5, 0.6) is 0 Å². The summed E-state index contributed by atoms with van der Waals surface area (Å²) in [5.74, 6) is 0.218. The Kier molecular flexibility index (Phi) is 6.82. The lowest BCUT2D eigenvalue weighted by Crippen LogP contribution is -2.34. The second-order valence-electron chi connectivity index (χ2n) is 7.43. The number of para-hydroxylation sites is 2. The Labute approximate surface area is 191 Å². The molecule has 3 aromatic carbocycles. The van der Waals surface area contributed by atoms with Crippen LogP contribution in [0.25, 0.3) is 11.0 Å². The van der Waals surface area contributed by atoms with Gasteiger partial charge in [0.15, 0.2) is 0 Å². The number of fused-ring (bicyclic) bond motifs is 1. The van der Waals surface area contributed by atoms with Crippen molar-refractivity contribution in [3.63, 3.8) is 0 Å². The van der Waals surface area contributed by atoms with Crippen LogP contribution >= 0.6 is 11.6 Å². The van der Waals surface area contributed by atoms with Crippen LogP contribution in [0.2, 0.25) is 5.02 Å². The minimum absolute atomic E-state index is 0.141. The molecule has 2 amide bonds. The van der Waals surface area contributed by atoms with Crippen molar-refractivity contribution in [2.45, 2.75) is 18.9 Å². The van der Waals surface area contributed by atoms with Gasteiger partial charge in [-0.1, -0.05) is 66.2 Å². The van der Waals surface area contributed by atoms with E-state index in [0.717, 1.165) is 16.6 Å². The Balaban J connectivity index is 1.41. The van der Waals surface area contributed by atoms with Gasteiger partial charge in [0.25, 0.3) is 5.91 Å². The molecule has 1 atom stereocenters. The highest BCUT2D eigenvalue weighted by Gasteiger charge is 2.19. The maximum absolute atomic E-state index is 12.7. The fourth-order valence-electron chi connectivity index (χ4n) is 3.50. The van der Waals surface area contributed by atoms with Crippen molar-refractivity contribution in [1.82, 2.24) is 20.6 Å². The molecule has 32 heavy (non-hydrogen) atoms. The highest BCUT2D eigenvalue weighted by Crippen LogP contribution is 2.20. The van der Waals surface area contributed by atoms with Crippen molar-refractivity contribution in [2.75, 3.05) is 6.54 Å². The van der Waals surface area contributed by atoms with Crippen LogP contribution in [0, 0.1) is 0 Å². The summed E-state index contributed by atoms with van der Waals surface area (Å²) in [6.07, 6.45) is 0.736. The molecule has 0 bridgehead atoms. The number of carbonyl (C=O) groups excluding carboxylic acids is 2. The van der Waals surface area contributed by atoms with E-state index in [1.54, 1.807) is 24.3 Å². The number of halogens is 1. The largest absolute Gasteiger partial charge is 0.351 e. The molecule has 1 aromatic heterocycles. The molecule has 0 saturated heterocycles. The molecule has 0 saturated carbocycles. The van der Waals surface area contributed by atoms with E-state index in [-0.39, 0.29) is 30.8 Å². The normalized spacial score (nSPS) is 11.8. The molecule has 162 valence electrons. The highest BCUT2D eigenvalue weighted by atomic mass is 35.5. The minimum atomic E-state index is -0.323. The summed E-state index contributed by atoms with van der Waals surface area (Å²) in [5.41, 5.74) is 3.24. The molecule has 4 aromatic rings. The molecule has 6 nitrogen and oxygen atoms in total. The number of benzene rings is 3. The standard InChI is InChI=1S/C25H23ClN4O2/c26-19-11-5-4-10-18(19)25(32)27-15-14-23(31)28-22(16-17-8-2-1-3-9-17)24-29-20-12-6-7-13-21(20)30-24/h1-13,22H,14-16H2,(H,27,32)(H,28,31)(H,29,30)/t22-/m0/s1. The van der Waals surface area contributed by atoms with Gasteiger partial charge in [0, 0.05) is 13.0 Å². The first-order chi connectivity index (χ1) is 15.6. The molecule has 0 aliphatic heterocycles. The smallest absolute Gasteiger partial charge is 0.252 e. The summed E-state index contributed by atoms with van der Waals surface area (Å²) < 4.78 is 0. The van der Waals surface area contributed by atoms with E-state index in [1.165, 1.54) is 0 Å². The number of carbonyl (C=O) groups is 2. The molecule has 4 rings (SSSR count). The van der Waals surface area contributed by atoms with Crippen molar-refractivity contribution in [2.24, 2.45) is 0 Å². The highest BCUT2D eigenvalue weighted by molar-refractivity contribution is 6.33. The van der Waals surface area contributed by atoms with Crippen molar-refractivity contribution in [3.8, 4) is 0 Å². The molecule has 0 unspecified atom stereocenters. The van der Waals surface area contributed by atoms with Crippen LogP contribution in [0.15, 0.2) is 78.9 Å². The molecule has 0 aliphatic carbocycles. The number of aromatic amines is 1. The van der Waals surface area contributed by atoms with E-state index >= 15 is 0 Å². The monoisotopic (exact) mass is 446 g/mol. The van der Waals surface area contributed by atoms with Gasteiger partial charge in [-0.3, -0.25) is 9.59 Å². The quantitative estimate of drug-likeness (QED) is 0.374. The average Bonchev–Trinajstić information content (AvgIpc) is 3.24. The number of amides is 2. The molecule has 0 radical (unpaired) electrons. The fraction of sp³-hybridized carbons (Fsp3) is 0.160. The minimum Gasteiger partial charge on any atom is -0.351 e. The Hall–Kier alpha value is -3.64. The predicted molar refractivity (Wildman–Crippen MR) is 126 cm³/mol. The maximum atomic E-state index is 12.7. The number of aromatic nitrogens is 2.